The molecule has 0 unspecified atom stereocenters. The molecule has 0 aliphatic rings. The average Bonchev–Trinajstić information content (AvgIpc) is 2.36. The molecule has 0 radical (unpaired) electrons. The molecule has 0 aliphatic carbocycles. The van der Waals surface area contributed by atoms with Crippen molar-refractivity contribution in [2.45, 2.75) is 6.54 Å². The summed E-state index contributed by atoms with van der Waals surface area (Å²) in [6, 6.07) is 4.76. The third-order valence-electron chi connectivity index (χ3n) is 1.97. The number of hydrogen-bond donors (Lipinski definition) is 2. The third kappa shape index (κ3) is 3.83. The number of carbonyl (C=O) groups excluding carboxylic acids is 2. The van der Waals surface area contributed by atoms with E-state index < -0.39 is 23.4 Å². The second-order valence-electron chi connectivity index (χ2n) is 3.27. The molecular formula is C11H9F2N3O2. The lowest BCUT2D eigenvalue weighted by atomic mass is 10.2. The smallest absolute Gasteiger partial charge is 0.310 e. The van der Waals surface area contributed by atoms with Crippen molar-refractivity contribution in [1.29, 1.82) is 5.26 Å². The van der Waals surface area contributed by atoms with E-state index in [2.05, 4.69) is 5.32 Å². The highest BCUT2D eigenvalue weighted by molar-refractivity contribution is 6.35. The molecule has 0 saturated carbocycles. The number of nitrogens with zero attached hydrogens (tertiary/aromatic N) is 1. The minimum Gasteiger partial charge on any atom is -0.344 e. The molecule has 0 atom stereocenters. The fraction of sp³-hybridized carbons (Fsp3) is 0.182. The minimum atomic E-state index is -1.03. The number of hydrogen-bond acceptors (Lipinski definition) is 3. The number of rotatable bonds is 3. The van der Waals surface area contributed by atoms with Crippen LogP contribution in [0.15, 0.2) is 18.2 Å². The Labute approximate surface area is 101 Å². The van der Waals surface area contributed by atoms with E-state index in [9.17, 15) is 18.4 Å². The molecule has 0 aromatic heterocycles. The lowest BCUT2D eigenvalue weighted by Gasteiger charge is -2.05. The number of nitrogens with one attached hydrogen (secondary N) is 2. The monoisotopic (exact) mass is 253 g/mol. The number of halogens is 2. The molecule has 0 fully saturated rings. The zero-order chi connectivity index (χ0) is 13.5. The summed E-state index contributed by atoms with van der Waals surface area (Å²) >= 11 is 0. The molecule has 0 saturated heterocycles. The Morgan fingerprint density at radius 3 is 2.44 bits per heavy atom. The van der Waals surface area contributed by atoms with Crippen molar-refractivity contribution in [1.82, 2.24) is 10.6 Å². The predicted molar refractivity (Wildman–Crippen MR) is 56.8 cm³/mol. The van der Waals surface area contributed by atoms with E-state index in [1.165, 1.54) is 6.07 Å². The van der Waals surface area contributed by atoms with Gasteiger partial charge in [-0.15, -0.1) is 0 Å². The van der Waals surface area contributed by atoms with Gasteiger partial charge < -0.3 is 10.6 Å². The quantitative estimate of drug-likeness (QED) is 0.597. The molecule has 0 spiro atoms. The van der Waals surface area contributed by atoms with Gasteiger partial charge in [0.2, 0.25) is 0 Å². The second-order valence-corrected chi connectivity index (χ2v) is 3.27. The number of amides is 2. The van der Waals surface area contributed by atoms with Crippen LogP contribution in [0.1, 0.15) is 5.56 Å². The first-order chi connectivity index (χ1) is 8.54. The van der Waals surface area contributed by atoms with E-state index in [0.29, 0.717) is 5.56 Å². The van der Waals surface area contributed by atoms with Gasteiger partial charge in [-0.1, -0.05) is 6.07 Å². The summed E-state index contributed by atoms with van der Waals surface area (Å²) in [6.07, 6.45) is 0. The molecular weight excluding hydrogens is 244 g/mol. The van der Waals surface area contributed by atoms with Gasteiger partial charge in [0, 0.05) is 6.54 Å². The molecule has 1 aromatic carbocycles. The standard InChI is InChI=1S/C11H9F2N3O2/c12-8-2-1-7(5-9(8)13)6-16-11(18)10(17)15-4-3-14/h1-2,5H,4,6H2,(H,15,17)(H,16,18). The third-order valence-corrected chi connectivity index (χ3v) is 1.97. The summed E-state index contributed by atoms with van der Waals surface area (Å²) in [5.41, 5.74) is 0.315. The molecule has 7 heteroatoms. The highest BCUT2D eigenvalue weighted by Crippen LogP contribution is 2.08. The second kappa shape index (κ2) is 6.30. The van der Waals surface area contributed by atoms with Gasteiger partial charge in [-0.25, -0.2) is 8.78 Å². The molecule has 0 bridgehead atoms. The molecule has 2 amide bonds. The Hall–Kier alpha value is -2.49. The van der Waals surface area contributed by atoms with E-state index in [-0.39, 0.29) is 13.1 Å². The fourth-order valence-corrected chi connectivity index (χ4v) is 1.11. The van der Waals surface area contributed by atoms with Crippen molar-refractivity contribution in [3.05, 3.63) is 35.4 Å². The van der Waals surface area contributed by atoms with Crippen molar-refractivity contribution in [3.8, 4) is 6.07 Å². The van der Waals surface area contributed by atoms with Crippen molar-refractivity contribution in [3.63, 3.8) is 0 Å². The minimum absolute atomic E-state index is 0.115. The Morgan fingerprint density at radius 1 is 1.17 bits per heavy atom. The van der Waals surface area contributed by atoms with Crippen LogP contribution in [-0.2, 0) is 16.1 Å². The first-order valence-corrected chi connectivity index (χ1v) is 4.91. The zero-order valence-electron chi connectivity index (χ0n) is 9.17. The van der Waals surface area contributed by atoms with Crippen molar-refractivity contribution < 1.29 is 18.4 Å². The summed E-state index contributed by atoms with van der Waals surface area (Å²) in [7, 11) is 0. The van der Waals surface area contributed by atoms with Gasteiger partial charge >= 0.3 is 11.8 Å². The summed E-state index contributed by atoms with van der Waals surface area (Å²) in [6.45, 7) is -0.395. The van der Waals surface area contributed by atoms with Crippen LogP contribution in [0.5, 0.6) is 0 Å². The molecule has 1 aromatic rings. The topological polar surface area (TPSA) is 82.0 Å². The van der Waals surface area contributed by atoms with Gasteiger partial charge in [-0.3, -0.25) is 9.59 Å². The van der Waals surface area contributed by atoms with Crippen LogP contribution in [0.3, 0.4) is 0 Å². The number of nitriles is 1. The molecule has 0 aliphatic heterocycles. The van der Waals surface area contributed by atoms with Crippen molar-refractivity contribution >= 4 is 11.8 Å². The molecule has 2 N–H and O–H groups in total. The lowest BCUT2D eigenvalue weighted by Crippen LogP contribution is -2.39. The highest BCUT2D eigenvalue weighted by Gasteiger charge is 2.12. The van der Waals surface area contributed by atoms with Crippen LogP contribution in [0, 0.1) is 23.0 Å². The van der Waals surface area contributed by atoms with E-state index in [1.54, 1.807) is 6.07 Å². The first kappa shape index (κ1) is 13.6. The van der Waals surface area contributed by atoms with Gasteiger partial charge in [-0.05, 0) is 17.7 Å². The van der Waals surface area contributed by atoms with Crippen molar-refractivity contribution in [2.75, 3.05) is 6.54 Å². The van der Waals surface area contributed by atoms with Gasteiger partial charge in [0.15, 0.2) is 11.6 Å². The number of carbonyl (C=O) groups is 2. The average molecular weight is 253 g/mol. The Bertz CT molecular complexity index is 512. The van der Waals surface area contributed by atoms with Gasteiger partial charge in [-0.2, -0.15) is 5.26 Å². The summed E-state index contributed by atoms with van der Waals surface area (Å²) in [5.74, 6) is -3.93. The summed E-state index contributed by atoms with van der Waals surface area (Å²) in [5, 5.41) is 12.4. The van der Waals surface area contributed by atoms with Gasteiger partial charge in [0.1, 0.15) is 6.54 Å². The van der Waals surface area contributed by atoms with Crippen LogP contribution in [-0.4, -0.2) is 18.4 Å². The largest absolute Gasteiger partial charge is 0.344 e. The highest BCUT2D eigenvalue weighted by atomic mass is 19.2. The van der Waals surface area contributed by atoms with Crippen molar-refractivity contribution in [2.24, 2.45) is 0 Å². The normalized spacial score (nSPS) is 9.39. The predicted octanol–water partition coefficient (Wildman–Crippen LogP) is 0.221. The van der Waals surface area contributed by atoms with Gasteiger partial charge in [0.25, 0.3) is 0 Å². The molecule has 1 rings (SSSR count). The SMILES string of the molecule is N#CCNC(=O)C(=O)NCc1ccc(F)c(F)c1. The number of benzene rings is 1. The molecule has 0 heterocycles. The summed E-state index contributed by atoms with van der Waals surface area (Å²) < 4.78 is 25.4. The van der Waals surface area contributed by atoms with Crippen LogP contribution in [0.4, 0.5) is 8.78 Å². The van der Waals surface area contributed by atoms with Crippen LogP contribution in [0.25, 0.3) is 0 Å². The maximum Gasteiger partial charge on any atom is 0.310 e. The molecule has 94 valence electrons. The maximum atomic E-state index is 12.8. The van der Waals surface area contributed by atoms with Gasteiger partial charge in [0.05, 0.1) is 6.07 Å². The van der Waals surface area contributed by atoms with Crippen LogP contribution in [0.2, 0.25) is 0 Å². The maximum absolute atomic E-state index is 12.8. The zero-order valence-corrected chi connectivity index (χ0v) is 9.17. The molecule has 18 heavy (non-hydrogen) atoms. The van der Waals surface area contributed by atoms with E-state index >= 15 is 0 Å². The van der Waals surface area contributed by atoms with E-state index in [4.69, 9.17) is 5.26 Å². The Balaban J connectivity index is 2.50. The van der Waals surface area contributed by atoms with E-state index in [1.807, 2.05) is 5.32 Å². The van der Waals surface area contributed by atoms with E-state index in [0.717, 1.165) is 12.1 Å². The van der Waals surface area contributed by atoms with Crippen LogP contribution < -0.4 is 10.6 Å². The first-order valence-electron chi connectivity index (χ1n) is 4.91. The molecule has 5 nitrogen and oxygen atoms in total. The fourth-order valence-electron chi connectivity index (χ4n) is 1.11. The lowest BCUT2D eigenvalue weighted by molar-refractivity contribution is -0.139. The Kier molecular flexibility index (Phi) is 4.75. The Morgan fingerprint density at radius 2 is 1.83 bits per heavy atom. The summed E-state index contributed by atoms with van der Waals surface area (Å²) in [4.78, 5) is 22.2. The van der Waals surface area contributed by atoms with Crippen LogP contribution >= 0.6 is 0 Å².